The molecule has 0 spiro atoms. The number of nitrogens with one attached hydrogen (secondary N) is 1. The third-order valence-corrected chi connectivity index (χ3v) is 5.05. The fourth-order valence-electron chi connectivity index (χ4n) is 2.47. The summed E-state index contributed by atoms with van der Waals surface area (Å²) in [6.07, 6.45) is 1.03. The Morgan fingerprint density at radius 2 is 1.69 bits per heavy atom. The fraction of sp³-hybridized carbons (Fsp3) is 0.235. The third kappa shape index (κ3) is 4.50. The zero-order chi connectivity index (χ0) is 19.5. The molecule has 0 aliphatic carbocycles. The molecule has 1 N–H and O–H groups in total. The zero-order valence-electron chi connectivity index (χ0n) is 14.0. The quantitative estimate of drug-likeness (QED) is 0.799. The van der Waals surface area contributed by atoms with Crippen LogP contribution in [-0.2, 0) is 14.8 Å². The topological polar surface area (TPSA) is 66.5 Å². The first-order valence-corrected chi connectivity index (χ1v) is 9.87. The van der Waals surface area contributed by atoms with Gasteiger partial charge in [-0.25, -0.2) is 17.2 Å². The number of hydrogen-bond acceptors (Lipinski definition) is 3. The van der Waals surface area contributed by atoms with Gasteiger partial charge >= 0.3 is 0 Å². The molecule has 0 bridgehead atoms. The molecule has 0 heterocycles. The molecule has 2 aromatic carbocycles. The van der Waals surface area contributed by atoms with Crippen molar-refractivity contribution in [3.8, 4) is 0 Å². The SMILES string of the molecule is CCC(C(=O)Nc1c(F)cccc1F)N(c1ccc(Cl)cc1)S(C)(=O)=O. The second-order valence-electron chi connectivity index (χ2n) is 5.55. The van der Waals surface area contributed by atoms with Crippen LogP contribution in [0.3, 0.4) is 0 Å². The van der Waals surface area contributed by atoms with Gasteiger partial charge in [0, 0.05) is 5.02 Å². The standard InChI is InChI=1S/C17H17ClF2N2O3S/c1-3-15(17(23)21-16-13(19)5-4-6-14(16)20)22(26(2,24)25)12-9-7-11(18)8-10-12/h4-10,15H,3H2,1-2H3,(H,21,23). The van der Waals surface area contributed by atoms with Gasteiger partial charge in [0.1, 0.15) is 23.4 Å². The monoisotopic (exact) mass is 402 g/mol. The number of amides is 1. The van der Waals surface area contributed by atoms with Crippen LogP contribution in [0.5, 0.6) is 0 Å². The van der Waals surface area contributed by atoms with Crippen LogP contribution in [0, 0.1) is 11.6 Å². The molecular formula is C17H17ClF2N2O3S. The predicted octanol–water partition coefficient (Wildman–Crippen LogP) is 3.80. The van der Waals surface area contributed by atoms with Gasteiger partial charge in [-0.1, -0.05) is 24.6 Å². The number of carbonyl (C=O) groups is 1. The van der Waals surface area contributed by atoms with E-state index < -0.39 is 39.3 Å². The first kappa shape index (κ1) is 20.1. The van der Waals surface area contributed by atoms with E-state index >= 15 is 0 Å². The largest absolute Gasteiger partial charge is 0.319 e. The maximum absolute atomic E-state index is 13.8. The molecule has 1 amide bonds. The number of halogens is 3. The summed E-state index contributed by atoms with van der Waals surface area (Å²) in [5.74, 6) is -2.76. The molecule has 0 saturated carbocycles. The minimum Gasteiger partial charge on any atom is -0.319 e. The van der Waals surface area contributed by atoms with E-state index in [9.17, 15) is 22.0 Å². The number of carbonyl (C=O) groups excluding carboxylic acids is 1. The van der Waals surface area contributed by atoms with Crippen molar-refractivity contribution in [3.05, 3.63) is 59.1 Å². The number of benzene rings is 2. The van der Waals surface area contributed by atoms with Crippen molar-refractivity contribution >= 4 is 38.9 Å². The van der Waals surface area contributed by atoms with Gasteiger partial charge in [-0.2, -0.15) is 0 Å². The highest BCUT2D eigenvalue weighted by Crippen LogP contribution is 2.26. The third-order valence-electron chi connectivity index (χ3n) is 3.62. The highest BCUT2D eigenvalue weighted by Gasteiger charge is 2.32. The average Bonchev–Trinajstić information content (AvgIpc) is 2.56. The number of sulfonamides is 1. The molecule has 1 unspecified atom stereocenters. The van der Waals surface area contributed by atoms with Gasteiger partial charge in [-0.3, -0.25) is 9.10 Å². The molecule has 9 heteroatoms. The zero-order valence-corrected chi connectivity index (χ0v) is 15.6. The first-order chi connectivity index (χ1) is 12.1. The maximum atomic E-state index is 13.8. The van der Waals surface area contributed by atoms with Crippen LogP contribution < -0.4 is 9.62 Å². The molecule has 5 nitrogen and oxygen atoms in total. The van der Waals surface area contributed by atoms with Crippen molar-refractivity contribution in [2.24, 2.45) is 0 Å². The van der Waals surface area contributed by atoms with Crippen LogP contribution in [0.2, 0.25) is 5.02 Å². The summed E-state index contributed by atoms with van der Waals surface area (Å²) in [5, 5.41) is 2.54. The molecule has 0 saturated heterocycles. The lowest BCUT2D eigenvalue weighted by molar-refractivity contribution is -0.117. The molecule has 2 rings (SSSR count). The van der Waals surface area contributed by atoms with E-state index in [0.717, 1.165) is 28.8 Å². The van der Waals surface area contributed by atoms with E-state index in [1.807, 2.05) is 0 Å². The van der Waals surface area contributed by atoms with E-state index in [1.165, 1.54) is 24.3 Å². The van der Waals surface area contributed by atoms with Crippen LogP contribution in [0.4, 0.5) is 20.2 Å². The van der Waals surface area contributed by atoms with E-state index in [4.69, 9.17) is 11.6 Å². The summed E-state index contributed by atoms with van der Waals surface area (Å²) in [7, 11) is -3.86. The Balaban J connectivity index is 2.41. The lowest BCUT2D eigenvalue weighted by Crippen LogP contribution is -2.47. The maximum Gasteiger partial charge on any atom is 0.248 e. The number of hydrogen-bond donors (Lipinski definition) is 1. The van der Waals surface area contributed by atoms with Gasteiger partial charge < -0.3 is 5.32 Å². The molecule has 0 aliphatic rings. The van der Waals surface area contributed by atoms with Gasteiger partial charge in [-0.05, 0) is 42.8 Å². The molecule has 0 aliphatic heterocycles. The average molecular weight is 403 g/mol. The van der Waals surface area contributed by atoms with Crippen molar-refractivity contribution in [2.75, 3.05) is 15.9 Å². The Labute approximate surface area is 155 Å². The molecule has 0 aromatic heterocycles. The molecule has 26 heavy (non-hydrogen) atoms. The Morgan fingerprint density at radius 3 is 2.15 bits per heavy atom. The summed E-state index contributed by atoms with van der Waals surface area (Å²) in [6, 6.07) is 7.80. The summed E-state index contributed by atoms with van der Waals surface area (Å²) >= 11 is 5.82. The number of anilines is 2. The minimum atomic E-state index is -3.86. The summed E-state index contributed by atoms with van der Waals surface area (Å²) in [4.78, 5) is 12.6. The fourth-order valence-corrected chi connectivity index (χ4v) is 3.81. The first-order valence-electron chi connectivity index (χ1n) is 7.65. The van der Waals surface area contributed by atoms with E-state index in [0.29, 0.717) is 5.02 Å². The van der Waals surface area contributed by atoms with Crippen LogP contribution in [0.15, 0.2) is 42.5 Å². The summed E-state index contributed by atoms with van der Waals surface area (Å²) in [6.45, 7) is 1.59. The number of para-hydroxylation sites is 1. The van der Waals surface area contributed by atoms with Gasteiger partial charge in [0.2, 0.25) is 15.9 Å². The number of rotatable bonds is 6. The lowest BCUT2D eigenvalue weighted by atomic mass is 10.1. The summed E-state index contributed by atoms with van der Waals surface area (Å²) in [5.41, 5.74) is -0.409. The molecule has 2 aromatic rings. The molecule has 1 atom stereocenters. The van der Waals surface area contributed by atoms with E-state index in [-0.39, 0.29) is 12.1 Å². The second-order valence-corrected chi connectivity index (χ2v) is 7.84. The van der Waals surface area contributed by atoms with Gasteiger partial charge in [0.25, 0.3) is 0 Å². The normalized spacial score (nSPS) is 12.5. The second kappa shape index (κ2) is 8.01. The van der Waals surface area contributed by atoms with Gasteiger partial charge in [0.05, 0.1) is 11.9 Å². The Morgan fingerprint density at radius 1 is 1.15 bits per heavy atom. The number of nitrogens with zero attached hydrogens (tertiary/aromatic N) is 1. The Hall–Kier alpha value is -2.19. The van der Waals surface area contributed by atoms with Crippen LogP contribution in [-0.4, -0.2) is 26.6 Å². The van der Waals surface area contributed by atoms with Gasteiger partial charge in [-0.15, -0.1) is 0 Å². The molecule has 0 radical (unpaired) electrons. The molecule has 0 fully saturated rings. The predicted molar refractivity (Wildman–Crippen MR) is 97.8 cm³/mol. The van der Waals surface area contributed by atoms with Gasteiger partial charge in [0.15, 0.2) is 0 Å². The molecule has 140 valence electrons. The smallest absolute Gasteiger partial charge is 0.248 e. The lowest BCUT2D eigenvalue weighted by Gasteiger charge is -2.30. The Kier molecular flexibility index (Phi) is 6.20. The van der Waals surface area contributed by atoms with E-state index in [1.54, 1.807) is 6.92 Å². The van der Waals surface area contributed by atoms with Crippen molar-refractivity contribution in [1.82, 2.24) is 0 Å². The summed E-state index contributed by atoms with van der Waals surface area (Å²) < 4.78 is 53.0. The van der Waals surface area contributed by atoms with Crippen LogP contribution >= 0.6 is 11.6 Å². The Bertz CT molecular complexity index is 884. The van der Waals surface area contributed by atoms with Crippen molar-refractivity contribution in [2.45, 2.75) is 19.4 Å². The molecular weight excluding hydrogens is 386 g/mol. The minimum absolute atomic E-state index is 0.0810. The van der Waals surface area contributed by atoms with Crippen molar-refractivity contribution < 1.29 is 22.0 Å². The highest BCUT2D eigenvalue weighted by molar-refractivity contribution is 7.92. The van der Waals surface area contributed by atoms with E-state index in [2.05, 4.69) is 5.32 Å². The van der Waals surface area contributed by atoms with Crippen LogP contribution in [0.1, 0.15) is 13.3 Å². The van der Waals surface area contributed by atoms with Crippen molar-refractivity contribution in [3.63, 3.8) is 0 Å². The van der Waals surface area contributed by atoms with Crippen molar-refractivity contribution in [1.29, 1.82) is 0 Å². The van der Waals surface area contributed by atoms with Crippen LogP contribution in [0.25, 0.3) is 0 Å². The highest BCUT2D eigenvalue weighted by atomic mass is 35.5.